The summed E-state index contributed by atoms with van der Waals surface area (Å²) in [5.74, 6) is 0. The molecule has 0 saturated carbocycles. The van der Waals surface area contributed by atoms with Gasteiger partial charge in [-0.2, -0.15) is 8.75 Å². The van der Waals surface area contributed by atoms with Crippen molar-refractivity contribution in [3.63, 3.8) is 0 Å². The molecule has 0 bridgehead atoms. The topological polar surface area (TPSA) is 37.8 Å². The van der Waals surface area contributed by atoms with Gasteiger partial charge in [0.1, 0.15) is 11.0 Å². The van der Waals surface area contributed by atoms with E-state index >= 15 is 0 Å². The number of hydrogen-bond donors (Lipinski definition) is 1. The fourth-order valence-corrected chi connectivity index (χ4v) is 3.08. The maximum Gasteiger partial charge on any atom is 0.129 e. The lowest BCUT2D eigenvalue weighted by molar-refractivity contribution is 1.15. The second-order valence-corrected chi connectivity index (χ2v) is 5.92. The Bertz CT molecular complexity index is 773. The SMILES string of the molecule is Clc1ccc(CNc2c(Cl)ccc3nsnc23)c(Cl)c1. The summed E-state index contributed by atoms with van der Waals surface area (Å²) in [5, 5.41) is 5.10. The molecule has 0 spiro atoms. The van der Waals surface area contributed by atoms with Gasteiger partial charge in [-0.05, 0) is 29.8 Å². The van der Waals surface area contributed by atoms with Crippen LogP contribution in [0.3, 0.4) is 0 Å². The quantitative estimate of drug-likeness (QED) is 0.704. The van der Waals surface area contributed by atoms with Crippen molar-refractivity contribution in [3.8, 4) is 0 Å². The number of nitrogens with zero attached hydrogens (tertiary/aromatic N) is 2. The number of fused-ring (bicyclic) bond motifs is 1. The van der Waals surface area contributed by atoms with Crippen molar-refractivity contribution >= 4 is 63.3 Å². The lowest BCUT2D eigenvalue weighted by atomic mass is 10.2. The molecule has 0 aliphatic heterocycles. The number of hydrogen-bond acceptors (Lipinski definition) is 4. The van der Waals surface area contributed by atoms with Crippen LogP contribution in [0.2, 0.25) is 15.1 Å². The summed E-state index contributed by atoms with van der Waals surface area (Å²) in [5.41, 5.74) is 3.30. The molecule has 3 aromatic rings. The van der Waals surface area contributed by atoms with Crippen molar-refractivity contribution < 1.29 is 0 Å². The van der Waals surface area contributed by atoms with Crippen molar-refractivity contribution in [3.05, 3.63) is 51.0 Å². The lowest BCUT2D eigenvalue weighted by Crippen LogP contribution is -2.01. The Labute approximate surface area is 134 Å². The number of nitrogens with one attached hydrogen (secondary N) is 1. The van der Waals surface area contributed by atoms with Gasteiger partial charge in [-0.3, -0.25) is 0 Å². The molecule has 0 atom stereocenters. The van der Waals surface area contributed by atoms with Crippen LogP contribution in [0, 0.1) is 0 Å². The molecule has 1 aromatic heterocycles. The summed E-state index contributed by atoms with van der Waals surface area (Å²) < 4.78 is 8.45. The first kappa shape index (κ1) is 13.9. The second kappa shape index (κ2) is 5.74. The van der Waals surface area contributed by atoms with Gasteiger partial charge in [0.05, 0.1) is 22.4 Å². The maximum absolute atomic E-state index is 6.21. The highest BCUT2D eigenvalue weighted by Gasteiger charge is 2.10. The molecule has 3 nitrogen and oxygen atoms in total. The standard InChI is InChI=1S/C13H8Cl3N3S/c14-8-2-1-7(10(16)5-8)6-17-12-9(15)3-4-11-13(12)19-20-18-11/h1-5,17H,6H2. The summed E-state index contributed by atoms with van der Waals surface area (Å²) in [7, 11) is 0. The molecule has 3 rings (SSSR count). The molecular formula is C13H8Cl3N3S. The predicted molar refractivity (Wildman–Crippen MR) is 86.2 cm³/mol. The molecule has 1 N–H and O–H groups in total. The molecule has 0 radical (unpaired) electrons. The first-order valence-corrected chi connectivity index (χ1v) is 7.60. The summed E-state index contributed by atoms with van der Waals surface area (Å²) in [6.07, 6.45) is 0. The van der Waals surface area contributed by atoms with Crippen LogP contribution >= 0.6 is 46.5 Å². The fourth-order valence-electron chi connectivity index (χ4n) is 1.84. The number of benzene rings is 2. The van der Waals surface area contributed by atoms with E-state index in [-0.39, 0.29) is 0 Å². The van der Waals surface area contributed by atoms with E-state index in [1.807, 2.05) is 12.1 Å². The van der Waals surface area contributed by atoms with Gasteiger partial charge >= 0.3 is 0 Å². The highest BCUT2D eigenvalue weighted by atomic mass is 35.5. The van der Waals surface area contributed by atoms with Crippen LogP contribution in [0.5, 0.6) is 0 Å². The van der Waals surface area contributed by atoms with E-state index in [1.54, 1.807) is 18.2 Å². The van der Waals surface area contributed by atoms with Crippen LogP contribution < -0.4 is 5.32 Å². The lowest BCUT2D eigenvalue weighted by Gasteiger charge is -2.10. The summed E-state index contributed by atoms with van der Waals surface area (Å²) in [4.78, 5) is 0. The molecule has 0 aliphatic carbocycles. The maximum atomic E-state index is 6.21. The summed E-state index contributed by atoms with van der Waals surface area (Å²) >= 11 is 19.4. The van der Waals surface area contributed by atoms with E-state index in [9.17, 15) is 0 Å². The average molecular weight is 345 g/mol. The molecule has 102 valence electrons. The van der Waals surface area contributed by atoms with Gasteiger partial charge in [0, 0.05) is 16.6 Å². The van der Waals surface area contributed by atoms with E-state index < -0.39 is 0 Å². The van der Waals surface area contributed by atoms with Crippen LogP contribution in [0.4, 0.5) is 5.69 Å². The third-order valence-electron chi connectivity index (χ3n) is 2.85. The fraction of sp³-hybridized carbons (Fsp3) is 0.0769. The normalized spacial score (nSPS) is 10.9. The average Bonchev–Trinajstić information content (AvgIpc) is 2.88. The van der Waals surface area contributed by atoms with E-state index in [1.165, 1.54) is 0 Å². The molecule has 0 aliphatic rings. The van der Waals surface area contributed by atoms with Crippen molar-refractivity contribution in [2.75, 3.05) is 5.32 Å². The second-order valence-electron chi connectivity index (χ2n) is 4.14. The van der Waals surface area contributed by atoms with Gasteiger partial charge in [-0.25, -0.2) is 0 Å². The van der Waals surface area contributed by atoms with Gasteiger partial charge < -0.3 is 5.32 Å². The first-order valence-electron chi connectivity index (χ1n) is 5.74. The molecular weight excluding hydrogens is 337 g/mol. The number of rotatable bonds is 3. The molecule has 7 heteroatoms. The molecule has 0 amide bonds. The number of halogens is 3. The molecule has 0 unspecified atom stereocenters. The van der Waals surface area contributed by atoms with Gasteiger partial charge in [0.2, 0.25) is 0 Å². The summed E-state index contributed by atoms with van der Waals surface area (Å²) in [6, 6.07) is 9.05. The van der Waals surface area contributed by atoms with Crippen LogP contribution in [0.1, 0.15) is 5.56 Å². The minimum atomic E-state index is 0.534. The first-order chi connectivity index (χ1) is 9.65. The van der Waals surface area contributed by atoms with E-state index in [2.05, 4.69) is 14.1 Å². The van der Waals surface area contributed by atoms with Crippen LogP contribution in [0.15, 0.2) is 30.3 Å². The van der Waals surface area contributed by atoms with Gasteiger partial charge in [-0.15, -0.1) is 0 Å². The largest absolute Gasteiger partial charge is 0.378 e. The van der Waals surface area contributed by atoms with Crippen LogP contribution in [-0.4, -0.2) is 8.75 Å². The highest BCUT2D eigenvalue weighted by molar-refractivity contribution is 7.00. The van der Waals surface area contributed by atoms with Crippen LogP contribution in [-0.2, 0) is 6.54 Å². The van der Waals surface area contributed by atoms with Crippen molar-refractivity contribution in [2.45, 2.75) is 6.54 Å². The molecule has 0 saturated heterocycles. The third kappa shape index (κ3) is 2.69. The Hall–Kier alpha value is -1.07. The molecule has 0 fully saturated rings. The Morgan fingerprint density at radius 1 is 1.00 bits per heavy atom. The molecule has 20 heavy (non-hydrogen) atoms. The monoisotopic (exact) mass is 343 g/mol. The van der Waals surface area contributed by atoms with Gasteiger partial charge in [0.15, 0.2) is 0 Å². The Morgan fingerprint density at radius 3 is 2.65 bits per heavy atom. The van der Waals surface area contributed by atoms with Crippen molar-refractivity contribution in [1.82, 2.24) is 8.75 Å². The van der Waals surface area contributed by atoms with E-state index in [0.29, 0.717) is 21.6 Å². The predicted octanol–water partition coefficient (Wildman–Crippen LogP) is 5.26. The highest BCUT2D eigenvalue weighted by Crippen LogP contribution is 2.31. The summed E-state index contributed by atoms with van der Waals surface area (Å²) in [6.45, 7) is 0.534. The van der Waals surface area contributed by atoms with E-state index in [0.717, 1.165) is 34.0 Å². The molecule has 1 heterocycles. The molecule has 2 aromatic carbocycles. The van der Waals surface area contributed by atoms with Gasteiger partial charge in [0.25, 0.3) is 0 Å². The third-order valence-corrected chi connectivity index (χ3v) is 4.29. The van der Waals surface area contributed by atoms with Crippen molar-refractivity contribution in [1.29, 1.82) is 0 Å². The number of aromatic nitrogens is 2. The Balaban J connectivity index is 1.90. The smallest absolute Gasteiger partial charge is 0.129 e. The number of anilines is 1. The zero-order valence-electron chi connectivity index (χ0n) is 10.0. The minimum Gasteiger partial charge on any atom is -0.378 e. The zero-order valence-corrected chi connectivity index (χ0v) is 13.1. The Kier molecular flexibility index (Phi) is 3.98. The van der Waals surface area contributed by atoms with Crippen molar-refractivity contribution in [2.24, 2.45) is 0 Å². The zero-order chi connectivity index (χ0) is 14.1. The van der Waals surface area contributed by atoms with Gasteiger partial charge in [-0.1, -0.05) is 40.9 Å². The van der Waals surface area contributed by atoms with Crippen LogP contribution in [0.25, 0.3) is 11.0 Å². The minimum absolute atomic E-state index is 0.534. The Morgan fingerprint density at radius 2 is 1.85 bits per heavy atom. The van der Waals surface area contributed by atoms with E-state index in [4.69, 9.17) is 34.8 Å².